The summed E-state index contributed by atoms with van der Waals surface area (Å²) in [6.45, 7) is 0.289. The van der Waals surface area contributed by atoms with Crippen LogP contribution in [0, 0.1) is 5.82 Å². The summed E-state index contributed by atoms with van der Waals surface area (Å²) in [5.74, 6) is -0.488. The summed E-state index contributed by atoms with van der Waals surface area (Å²) in [5.41, 5.74) is 5.48. The average molecular weight is 185 g/mol. The Balaban J connectivity index is 3.13. The van der Waals surface area contributed by atoms with E-state index in [0.29, 0.717) is 6.42 Å². The van der Waals surface area contributed by atoms with Gasteiger partial charge in [-0.05, 0) is 25.1 Å². The van der Waals surface area contributed by atoms with Crippen LogP contribution in [0.1, 0.15) is 5.56 Å². The maximum Gasteiger partial charge on any atom is 0.171 e. The van der Waals surface area contributed by atoms with E-state index in [9.17, 15) is 9.50 Å². The fourth-order valence-electron chi connectivity index (χ4n) is 1.13. The molecule has 1 aromatic carbocycles. The maximum absolute atomic E-state index is 13.4. The highest BCUT2D eigenvalue weighted by Gasteiger charge is 2.12. The molecule has 3 N–H and O–H groups in total. The molecule has 1 rings (SSSR count). The van der Waals surface area contributed by atoms with Crippen molar-refractivity contribution >= 4 is 0 Å². The predicted molar refractivity (Wildman–Crippen MR) is 47.4 cm³/mol. The molecule has 72 valence electrons. The zero-order valence-electron chi connectivity index (χ0n) is 7.38. The van der Waals surface area contributed by atoms with Crippen LogP contribution in [0.25, 0.3) is 0 Å². The first-order valence-electron chi connectivity index (χ1n) is 3.95. The van der Waals surface area contributed by atoms with Gasteiger partial charge in [0.05, 0.1) is 7.11 Å². The Hall–Kier alpha value is -1.29. The van der Waals surface area contributed by atoms with E-state index in [1.165, 1.54) is 19.2 Å². The minimum Gasteiger partial charge on any atom is -0.508 e. The van der Waals surface area contributed by atoms with Crippen molar-refractivity contribution in [3.05, 3.63) is 23.5 Å². The normalized spacial score (nSPS) is 10.1. The number of aromatic hydroxyl groups is 1. The molecule has 4 heteroatoms. The van der Waals surface area contributed by atoms with Crippen LogP contribution in [0.3, 0.4) is 0 Å². The van der Waals surface area contributed by atoms with Crippen molar-refractivity contribution in [3.63, 3.8) is 0 Å². The van der Waals surface area contributed by atoms with Crippen LogP contribution in [0.2, 0.25) is 0 Å². The summed E-state index contributed by atoms with van der Waals surface area (Å²) in [7, 11) is 1.38. The second kappa shape index (κ2) is 4.09. The van der Waals surface area contributed by atoms with E-state index in [4.69, 9.17) is 10.5 Å². The molecule has 0 aromatic heterocycles. The van der Waals surface area contributed by atoms with E-state index in [1.54, 1.807) is 0 Å². The topological polar surface area (TPSA) is 55.5 Å². The highest BCUT2D eigenvalue weighted by molar-refractivity contribution is 5.41. The van der Waals surface area contributed by atoms with Crippen LogP contribution in [0.15, 0.2) is 12.1 Å². The van der Waals surface area contributed by atoms with E-state index < -0.39 is 5.82 Å². The van der Waals surface area contributed by atoms with E-state index in [2.05, 4.69) is 0 Å². The van der Waals surface area contributed by atoms with Gasteiger partial charge in [0, 0.05) is 5.56 Å². The molecule has 0 saturated heterocycles. The van der Waals surface area contributed by atoms with Crippen molar-refractivity contribution in [3.8, 4) is 11.5 Å². The fraction of sp³-hybridized carbons (Fsp3) is 0.333. The molecular weight excluding hydrogens is 173 g/mol. The van der Waals surface area contributed by atoms with Gasteiger partial charge in [-0.25, -0.2) is 4.39 Å². The number of halogens is 1. The monoisotopic (exact) mass is 185 g/mol. The molecule has 0 unspecified atom stereocenters. The third-order valence-corrected chi connectivity index (χ3v) is 1.80. The molecular formula is C9H12FNO2. The first-order valence-corrected chi connectivity index (χ1v) is 3.95. The molecule has 0 heterocycles. The van der Waals surface area contributed by atoms with Crippen LogP contribution < -0.4 is 10.5 Å². The molecule has 0 aliphatic carbocycles. The van der Waals surface area contributed by atoms with E-state index in [1.807, 2.05) is 0 Å². The summed E-state index contributed by atoms with van der Waals surface area (Å²) < 4.78 is 18.1. The van der Waals surface area contributed by atoms with Crippen molar-refractivity contribution in [1.82, 2.24) is 0 Å². The number of benzene rings is 1. The average Bonchev–Trinajstić information content (AvgIpc) is 2.12. The molecule has 0 radical (unpaired) electrons. The van der Waals surface area contributed by atoms with Gasteiger partial charge in [-0.15, -0.1) is 0 Å². The summed E-state index contributed by atoms with van der Waals surface area (Å²) in [4.78, 5) is 0. The zero-order chi connectivity index (χ0) is 9.84. The third kappa shape index (κ3) is 1.89. The minimum atomic E-state index is -0.534. The highest BCUT2D eigenvalue weighted by atomic mass is 19.1. The van der Waals surface area contributed by atoms with Gasteiger partial charge in [0.25, 0.3) is 0 Å². The van der Waals surface area contributed by atoms with E-state index in [-0.39, 0.29) is 23.6 Å². The number of ether oxygens (including phenoxy) is 1. The Labute approximate surface area is 75.9 Å². The van der Waals surface area contributed by atoms with Crippen molar-refractivity contribution in [2.24, 2.45) is 5.73 Å². The summed E-state index contributed by atoms with van der Waals surface area (Å²) in [6, 6.07) is 2.78. The van der Waals surface area contributed by atoms with Gasteiger partial charge in [-0.2, -0.15) is 0 Å². The number of hydrogen-bond donors (Lipinski definition) is 2. The van der Waals surface area contributed by atoms with Crippen LogP contribution in [-0.2, 0) is 6.42 Å². The maximum atomic E-state index is 13.4. The van der Waals surface area contributed by atoms with Gasteiger partial charge >= 0.3 is 0 Å². The summed E-state index contributed by atoms with van der Waals surface area (Å²) >= 11 is 0. The van der Waals surface area contributed by atoms with Gasteiger partial charge in [0.2, 0.25) is 0 Å². The molecule has 0 saturated carbocycles. The minimum absolute atomic E-state index is 0.0799. The quantitative estimate of drug-likeness (QED) is 0.739. The standard InChI is InChI=1S/C9H12FNO2/c1-13-8-3-2-7(12)6(4-5-11)9(8)10/h2-3,12H,4-5,11H2,1H3. The Kier molecular flexibility index (Phi) is 3.08. The predicted octanol–water partition coefficient (Wildman–Crippen LogP) is 1.04. The molecule has 0 atom stereocenters. The van der Waals surface area contributed by atoms with Crippen molar-refractivity contribution in [1.29, 1.82) is 0 Å². The van der Waals surface area contributed by atoms with Gasteiger partial charge in [0.15, 0.2) is 11.6 Å². The summed E-state index contributed by atoms with van der Waals surface area (Å²) in [5, 5.41) is 9.29. The highest BCUT2D eigenvalue weighted by Crippen LogP contribution is 2.27. The number of phenols is 1. The van der Waals surface area contributed by atoms with Crippen LogP contribution in [0.5, 0.6) is 11.5 Å². The van der Waals surface area contributed by atoms with Gasteiger partial charge in [-0.3, -0.25) is 0 Å². The largest absolute Gasteiger partial charge is 0.508 e. The Morgan fingerprint density at radius 1 is 1.54 bits per heavy atom. The van der Waals surface area contributed by atoms with Gasteiger partial charge in [0.1, 0.15) is 5.75 Å². The van der Waals surface area contributed by atoms with Crippen molar-refractivity contribution in [2.75, 3.05) is 13.7 Å². The lowest BCUT2D eigenvalue weighted by molar-refractivity contribution is 0.378. The smallest absolute Gasteiger partial charge is 0.171 e. The van der Waals surface area contributed by atoms with Crippen molar-refractivity contribution < 1.29 is 14.2 Å². The number of nitrogens with two attached hydrogens (primary N) is 1. The number of rotatable bonds is 3. The molecule has 0 bridgehead atoms. The molecule has 0 aliphatic rings. The molecule has 13 heavy (non-hydrogen) atoms. The van der Waals surface area contributed by atoms with Crippen LogP contribution in [-0.4, -0.2) is 18.8 Å². The third-order valence-electron chi connectivity index (χ3n) is 1.80. The van der Waals surface area contributed by atoms with Crippen LogP contribution in [0.4, 0.5) is 4.39 Å². The number of phenolic OH excluding ortho intramolecular Hbond substituents is 1. The van der Waals surface area contributed by atoms with Gasteiger partial charge < -0.3 is 15.6 Å². The second-order valence-electron chi connectivity index (χ2n) is 2.62. The molecule has 0 aliphatic heterocycles. The zero-order valence-corrected chi connectivity index (χ0v) is 7.38. The fourth-order valence-corrected chi connectivity index (χ4v) is 1.13. The lowest BCUT2D eigenvalue weighted by atomic mass is 10.1. The SMILES string of the molecule is COc1ccc(O)c(CCN)c1F. The molecule has 0 spiro atoms. The lowest BCUT2D eigenvalue weighted by Gasteiger charge is -2.08. The lowest BCUT2D eigenvalue weighted by Crippen LogP contribution is -2.05. The van der Waals surface area contributed by atoms with E-state index >= 15 is 0 Å². The molecule has 1 aromatic rings. The Bertz CT molecular complexity index is 302. The number of methoxy groups -OCH3 is 1. The first-order chi connectivity index (χ1) is 6.20. The Morgan fingerprint density at radius 3 is 2.77 bits per heavy atom. The number of hydrogen-bond acceptors (Lipinski definition) is 3. The second-order valence-corrected chi connectivity index (χ2v) is 2.62. The molecule has 0 amide bonds. The summed E-state index contributed by atoms with van der Waals surface area (Å²) in [6.07, 6.45) is 0.300. The van der Waals surface area contributed by atoms with Gasteiger partial charge in [-0.1, -0.05) is 0 Å². The molecule has 0 fully saturated rings. The first kappa shape index (κ1) is 9.80. The van der Waals surface area contributed by atoms with Crippen molar-refractivity contribution in [2.45, 2.75) is 6.42 Å². The van der Waals surface area contributed by atoms with E-state index in [0.717, 1.165) is 0 Å². The Morgan fingerprint density at radius 2 is 2.23 bits per heavy atom. The van der Waals surface area contributed by atoms with Crippen LogP contribution >= 0.6 is 0 Å². The molecule has 3 nitrogen and oxygen atoms in total.